The van der Waals surface area contributed by atoms with Crippen molar-refractivity contribution in [2.45, 2.75) is 6.92 Å². The Morgan fingerprint density at radius 1 is 1.30 bits per heavy atom. The molecule has 0 fully saturated rings. The van der Waals surface area contributed by atoms with Gasteiger partial charge >= 0.3 is 0 Å². The SMILES string of the molecule is Cc1ccccc(=O)c1Cl. The maximum atomic E-state index is 10.9. The Morgan fingerprint density at radius 3 is 2.60 bits per heavy atom. The van der Waals surface area contributed by atoms with Gasteiger partial charge in [-0.15, -0.1) is 0 Å². The van der Waals surface area contributed by atoms with Gasteiger partial charge in [-0.2, -0.15) is 0 Å². The van der Waals surface area contributed by atoms with Gasteiger partial charge in [0.25, 0.3) is 0 Å². The molecule has 0 amide bonds. The highest BCUT2D eigenvalue weighted by atomic mass is 35.5. The van der Waals surface area contributed by atoms with Crippen LogP contribution in [-0.4, -0.2) is 0 Å². The van der Waals surface area contributed by atoms with Crippen molar-refractivity contribution in [2.75, 3.05) is 0 Å². The Morgan fingerprint density at radius 2 is 1.90 bits per heavy atom. The lowest BCUT2D eigenvalue weighted by molar-refractivity contribution is 1.48. The molecule has 0 bridgehead atoms. The van der Waals surface area contributed by atoms with Crippen LogP contribution < -0.4 is 5.43 Å². The maximum Gasteiger partial charge on any atom is 0.197 e. The minimum absolute atomic E-state index is 0.121. The van der Waals surface area contributed by atoms with Crippen molar-refractivity contribution in [3.8, 4) is 0 Å². The molecule has 0 aliphatic rings. The largest absolute Gasteiger partial charge is 0.288 e. The van der Waals surface area contributed by atoms with E-state index < -0.39 is 0 Å². The Kier molecular flexibility index (Phi) is 2.07. The Bertz CT molecular complexity index is 293. The van der Waals surface area contributed by atoms with Gasteiger partial charge in [0.2, 0.25) is 0 Å². The summed E-state index contributed by atoms with van der Waals surface area (Å²) in [6.07, 6.45) is 0. The van der Waals surface area contributed by atoms with Crippen molar-refractivity contribution < 1.29 is 0 Å². The van der Waals surface area contributed by atoms with Gasteiger partial charge in [-0.1, -0.05) is 29.8 Å². The molecule has 0 spiro atoms. The number of rotatable bonds is 0. The quantitative estimate of drug-likeness (QED) is 0.559. The third-order valence-electron chi connectivity index (χ3n) is 1.27. The predicted octanol–water partition coefficient (Wildman–Crippen LogP) is 2.01. The molecular formula is C8H7ClO. The molecule has 10 heavy (non-hydrogen) atoms. The standard InChI is InChI=1S/C8H7ClO/c1-6-4-2-3-5-7(10)8(6)9/h2-5H,1H3. The van der Waals surface area contributed by atoms with Crippen LogP contribution in [0.25, 0.3) is 0 Å². The van der Waals surface area contributed by atoms with Crippen LogP contribution in [0, 0.1) is 6.92 Å². The fraction of sp³-hybridized carbons (Fsp3) is 0.125. The molecule has 0 saturated carbocycles. The highest BCUT2D eigenvalue weighted by Gasteiger charge is 1.93. The highest BCUT2D eigenvalue weighted by Crippen LogP contribution is 2.05. The molecule has 0 heterocycles. The summed E-state index contributed by atoms with van der Waals surface area (Å²) in [7, 11) is 0. The van der Waals surface area contributed by atoms with Crippen LogP contribution in [0.3, 0.4) is 0 Å². The summed E-state index contributed by atoms with van der Waals surface area (Å²) in [5.41, 5.74) is 0.695. The Hall–Kier alpha value is -0.820. The van der Waals surface area contributed by atoms with Crippen molar-refractivity contribution in [3.05, 3.63) is 45.1 Å². The van der Waals surface area contributed by atoms with Gasteiger partial charge in [-0.25, -0.2) is 0 Å². The predicted molar refractivity (Wildman–Crippen MR) is 42.5 cm³/mol. The average molecular weight is 155 g/mol. The summed E-state index contributed by atoms with van der Waals surface area (Å²) in [6, 6.07) is 6.74. The number of aryl methyl sites for hydroxylation is 1. The Balaban J connectivity index is 3.53. The van der Waals surface area contributed by atoms with E-state index in [1.54, 1.807) is 12.1 Å². The fourth-order valence-electron chi connectivity index (χ4n) is 0.684. The van der Waals surface area contributed by atoms with Crippen LogP contribution in [0.15, 0.2) is 29.1 Å². The lowest BCUT2D eigenvalue weighted by Gasteiger charge is -1.83. The van der Waals surface area contributed by atoms with E-state index in [4.69, 9.17) is 11.6 Å². The van der Waals surface area contributed by atoms with Gasteiger partial charge in [0, 0.05) is 0 Å². The van der Waals surface area contributed by atoms with Gasteiger partial charge in [0.1, 0.15) is 0 Å². The molecule has 0 atom stereocenters. The van der Waals surface area contributed by atoms with Crippen LogP contribution in [-0.2, 0) is 0 Å². The van der Waals surface area contributed by atoms with Crippen LogP contribution >= 0.6 is 11.6 Å². The first-order chi connectivity index (χ1) is 4.72. The van der Waals surface area contributed by atoms with Crippen LogP contribution in [0.2, 0.25) is 5.02 Å². The second kappa shape index (κ2) is 2.84. The normalized spacial score (nSPS) is 9.40. The van der Waals surface area contributed by atoms with Crippen LogP contribution in [0.4, 0.5) is 0 Å². The smallest absolute Gasteiger partial charge is 0.197 e. The molecule has 2 heteroatoms. The lowest BCUT2D eigenvalue weighted by atomic mass is 10.3. The lowest BCUT2D eigenvalue weighted by Crippen LogP contribution is -1.94. The molecule has 0 aliphatic heterocycles. The van der Waals surface area contributed by atoms with E-state index in [9.17, 15) is 4.79 Å². The monoisotopic (exact) mass is 154 g/mol. The molecule has 1 aromatic carbocycles. The first kappa shape index (κ1) is 7.29. The van der Waals surface area contributed by atoms with Crippen molar-refractivity contribution in [2.24, 2.45) is 0 Å². The van der Waals surface area contributed by atoms with Gasteiger partial charge in [0.05, 0.1) is 5.02 Å². The molecular weight excluding hydrogens is 148 g/mol. The molecule has 1 rings (SSSR count). The summed E-state index contributed by atoms with van der Waals surface area (Å²) in [4.78, 5) is 10.9. The van der Waals surface area contributed by atoms with Crippen LogP contribution in [0.5, 0.6) is 0 Å². The van der Waals surface area contributed by atoms with E-state index >= 15 is 0 Å². The second-order valence-electron chi connectivity index (χ2n) is 2.08. The summed E-state index contributed by atoms with van der Waals surface area (Å²) >= 11 is 5.65. The minimum Gasteiger partial charge on any atom is -0.288 e. The zero-order chi connectivity index (χ0) is 7.56. The zero-order valence-electron chi connectivity index (χ0n) is 5.60. The summed E-state index contributed by atoms with van der Waals surface area (Å²) in [5.74, 6) is 0. The van der Waals surface area contributed by atoms with Crippen molar-refractivity contribution in [1.29, 1.82) is 0 Å². The van der Waals surface area contributed by atoms with E-state index in [2.05, 4.69) is 0 Å². The maximum absolute atomic E-state index is 10.9. The van der Waals surface area contributed by atoms with E-state index in [1.807, 2.05) is 13.0 Å². The van der Waals surface area contributed by atoms with E-state index in [-0.39, 0.29) is 5.43 Å². The molecule has 0 unspecified atom stereocenters. The Labute approximate surface area is 64.3 Å². The van der Waals surface area contributed by atoms with Crippen molar-refractivity contribution in [3.63, 3.8) is 0 Å². The molecule has 0 aliphatic carbocycles. The van der Waals surface area contributed by atoms with Gasteiger partial charge in [-0.05, 0) is 18.6 Å². The number of hydrogen-bond donors (Lipinski definition) is 0. The summed E-state index contributed by atoms with van der Waals surface area (Å²) in [6.45, 7) is 1.81. The van der Waals surface area contributed by atoms with Crippen molar-refractivity contribution in [1.82, 2.24) is 0 Å². The summed E-state index contributed by atoms with van der Waals surface area (Å²) in [5, 5.41) is 0.310. The molecule has 0 aromatic heterocycles. The number of hydrogen-bond acceptors (Lipinski definition) is 1. The minimum atomic E-state index is -0.121. The molecule has 0 saturated heterocycles. The molecule has 1 aromatic rings. The van der Waals surface area contributed by atoms with E-state index in [0.29, 0.717) is 5.02 Å². The van der Waals surface area contributed by atoms with Crippen molar-refractivity contribution >= 4 is 11.6 Å². The number of halogens is 1. The van der Waals surface area contributed by atoms with Gasteiger partial charge < -0.3 is 0 Å². The molecule has 1 nitrogen and oxygen atoms in total. The second-order valence-corrected chi connectivity index (χ2v) is 2.46. The first-order valence-electron chi connectivity index (χ1n) is 2.97. The van der Waals surface area contributed by atoms with E-state index in [1.165, 1.54) is 6.07 Å². The van der Waals surface area contributed by atoms with Gasteiger partial charge in [-0.3, -0.25) is 4.79 Å². The fourth-order valence-corrected chi connectivity index (χ4v) is 0.809. The molecule has 0 radical (unpaired) electrons. The molecule has 52 valence electrons. The average Bonchev–Trinajstić information content (AvgIpc) is 2.04. The third kappa shape index (κ3) is 1.36. The third-order valence-corrected chi connectivity index (χ3v) is 1.75. The summed E-state index contributed by atoms with van der Waals surface area (Å²) < 4.78 is 0. The highest BCUT2D eigenvalue weighted by molar-refractivity contribution is 6.31. The topological polar surface area (TPSA) is 17.1 Å². The van der Waals surface area contributed by atoms with Gasteiger partial charge in [0.15, 0.2) is 5.43 Å². The van der Waals surface area contributed by atoms with E-state index in [0.717, 1.165) is 5.56 Å². The molecule has 0 N–H and O–H groups in total. The zero-order valence-corrected chi connectivity index (χ0v) is 6.35. The van der Waals surface area contributed by atoms with Crippen LogP contribution in [0.1, 0.15) is 5.56 Å². The first-order valence-corrected chi connectivity index (χ1v) is 3.35.